The molecule has 0 aromatic heterocycles. The second kappa shape index (κ2) is 5.73. The summed E-state index contributed by atoms with van der Waals surface area (Å²) in [4.78, 5) is 12.1. The molecule has 2 N–H and O–H groups in total. The van der Waals surface area contributed by atoms with Crippen LogP contribution in [-0.4, -0.2) is 34.9 Å². The van der Waals surface area contributed by atoms with E-state index in [1.54, 1.807) is 0 Å². The number of carbonyl (C=O) groups is 1. The van der Waals surface area contributed by atoms with Crippen molar-refractivity contribution in [1.29, 1.82) is 5.41 Å². The van der Waals surface area contributed by atoms with Crippen molar-refractivity contribution in [2.45, 2.75) is 39.0 Å². The number of likely N-dealkylation sites (tertiary alicyclic amines) is 1. The van der Waals surface area contributed by atoms with Crippen molar-refractivity contribution in [3.8, 4) is 0 Å². The van der Waals surface area contributed by atoms with Crippen LogP contribution in [0.1, 0.15) is 39.0 Å². The summed E-state index contributed by atoms with van der Waals surface area (Å²) >= 11 is 0. The molecule has 4 nitrogen and oxygen atoms in total. The van der Waals surface area contributed by atoms with Crippen LogP contribution < -0.4 is 0 Å². The molecule has 0 aliphatic carbocycles. The minimum Gasteiger partial charge on any atom is -0.465 e. The molecule has 0 unspecified atom stereocenters. The summed E-state index contributed by atoms with van der Waals surface area (Å²) in [5, 5.41) is 16.5. The topological polar surface area (TPSA) is 64.4 Å². The van der Waals surface area contributed by atoms with E-state index in [4.69, 9.17) is 10.5 Å². The van der Waals surface area contributed by atoms with Crippen LogP contribution in [0, 0.1) is 11.3 Å². The van der Waals surface area contributed by atoms with Gasteiger partial charge in [0, 0.05) is 18.8 Å². The van der Waals surface area contributed by atoms with Gasteiger partial charge in [0.05, 0.1) is 0 Å². The minimum absolute atomic E-state index is 0.527. The number of hydrogen-bond donors (Lipinski definition) is 2. The van der Waals surface area contributed by atoms with Gasteiger partial charge in [0.25, 0.3) is 0 Å². The van der Waals surface area contributed by atoms with Gasteiger partial charge in [-0.2, -0.15) is 0 Å². The lowest BCUT2D eigenvalue weighted by Crippen LogP contribution is -2.37. The SMILES string of the molecule is CCCC(=N)CC1CCN(C(=O)O)CC1. The maximum absolute atomic E-state index is 10.7. The molecule has 1 amide bonds. The van der Waals surface area contributed by atoms with E-state index >= 15 is 0 Å². The minimum atomic E-state index is -0.808. The van der Waals surface area contributed by atoms with Gasteiger partial charge in [0.1, 0.15) is 0 Å². The second-order valence-corrected chi connectivity index (χ2v) is 4.27. The summed E-state index contributed by atoms with van der Waals surface area (Å²) < 4.78 is 0. The van der Waals surface area contributed by atoms with E-state index in [1.165, 1.54) is 4.90 Å². The third-order valence-electron chi connectivity index (χ3n) is 2.97. The molecule has 0 atom stereocenters. The first-order chi connectivity index (χ1) is 7.13. The fourth-order valence-corrected chi connectivity index (χ4v) is 2.08. The Labute approximate surface area is 90.8 Å². The van der Waals surface area contributed by atoms with Crippen molar-refractivity contribution in [3.63, 3.8) is 0 Å². The van der Waals surface area contributed by atoms with Crippen LogP contribution in [0.5, 0.6) is 0 Å². The number of hydrogen-bond acceptors (Lipinski definition) is 2. The highest BCUT2D eigenvalue weighted by Gasteiger charge is 2.22. The predicted octanol–water partition coefficient (Wildman–Crippen LogP) is 2.59. The molecular formula is C11H20N2O2. The summed E-state index contributed by atoms with van der Waals surface area (Å²) in [6.45, 7) is 3.36. The van der Waals surface area contributed by atoms with Gasteiger partial charge in [-0.15, -0.1) is 0 Å². The van der Waals surface area contributed by atoms with Gasteiger partial charge >= 0.3 is 6.09 Å². The molecule has 0 spiro atoms. The van der Waals surface area contributed by atoms with Crippen LogP contribution in [0.25, 0.3) is 0 Å². The van der Waals surface area contributed by atoms with E-state index in [9.17, 15) is 4.79 Å². The lowest BCUT2D eigenvalue weighted by atomic mass is 9.90. The average molecular weight is 212 g/mol. The van der Waals surface area contributed by atoms with Crippen molar-refractivity contribution in [1.82, 2.24) is 4.90 Å². The Morgan fingerprint density at radius 2 is 2.07 bits per heavy atom. The van der Waals surface area contributed by atoms with Crippen molar-refractivity contribution in [2.24, 2.45) is 5.92 Å². The van der Waals surface area contributed by atoms with Crippen molar-refractivity contribution < 1.29 is 9.90 Å². The zero-order valence-corrected chi connectivity index (χ0v) is 9.33. The quantitative estimate of drug-likeness (QED) is 0.703. The van der Waals surface area contributed by atoms with Crippen LogP contribution in [0.4, 0.5) is 4.79 Å². The van der Waals surface area contributed by atoms with E-state index in [2.05, 4.69) is 6.92 Å². The van der Waals surface area contributed by atoms with Crippen LogP contribution in [0.2, 0.25) is 0 Å². The molecule has 0 bridgehead atoms. The van der Waals surface area contributed by atoms with Gasteiger partial charge in [0.2, 0.25) is 0 Å². The first-order valence-electron chi connectivity index (χ1n) is 5.67. The monoisotopic (exact) mass is 212 g/mol. The number of amides is 1. The highest BCUT2D eigenvalue weighted by atomic mass is 16.4. The molecule has 1 aliphatic rings. The molecule has 0 saturated carbocycles. The van der Waals surface area contributed by atoms with Crippen LogP contribution in [-0.2, 0) is 0 Å². The predicted molar refractivity (Wildman–Crippen MR) is 59.6 cm³/mol. The highest BCUT2D eigenvalue weighted by Crippen LogP contribution is 2.21. The third-order valence-corrected chi connectivity index (χ3v) is 2.97. The molecule has 1 saturated heterocycles. The van der Waals surface area contributed by atoms with Crippen molar-refractivity contribution in [3.05, 3.63) is 0 Å². The summed E-state index contributed by atoms with van der Waals surface area (Å²) in [6, 6.07) is 0. The molecule has 1 fully saturated rings. The number of piperidine rings is 1. The largest absolute Gasteiger partial charge is 0.465 e. The molecular weight excluding hydrogens is 192 g/mol. The van der Waals surface area contributed by atoms with Crippen LogP contribution >= 0.6 is 0 Å². The standard InChI is InChI=1S/C11H20N2O2/c1-2-3-10(12)8-9-4-6-13(7-5-9)11(14)15/h9,12H,2-8H2,1H3,(H,14,15). The van der Waals surface area contributed by atoms with Crippen molar-refractivity contribution in [2.75, 3.05) is 13.1 Å². The molecule has 4 heteroatoms. The fraction of sp³-hybridized carbons (Fsp3) is 0.818. The first kappa shape index (κ1) is 12.0. The van der Waals surface area contributed by atoms with Crippen molar-refractivity contribution >= 4 is 11.8 Å². The number of nitrogens with zero attached hydrogens (tertiary/aromatic N) is 1. The maximum Gasteiger partial charge on any atom is 0.407 e. The van der Waals surface area contributed by atoms with E-state index < -0.39 is 6.09 Å². The Balaban J connectivity index is 2.25. The van der Waals surface area contributed by atoms with Gasteiger partial charge in [-0.3, -0.25) is 0 Å². The molecule has 0 radical (unpaired) electrons. The van der Waals surface area contributed by atoms with E-state index in [-0.39, 0.29) is 0 Å². The van der Waals surface area contributed by atoms with Gasteiger partial charge in [-0.05, 0) is 31.6 Å². The van der Waals surface area contributed by atoms with Gasteiger partial charge in [0.15, 0.2) is 0 Å². The molecule has 15 heavy (non-hydrogen) atoms. The van der Waals surface area contributed by atoms with Gasteiger partial charge in [-0.1, -0.05) is 13.3 Å². The molecule has 1 rings (SSSR count). The fourth-order valence-electron chi connectivity index (χ4n) is 2.08. The Hall–Kier alpha value is -1.06. The average Bonchev–Trinajstić information content (AvgIpc) is 2.18. The molecule has 1 aliphatic heterocycles. The molecule has 0 aromatic rings. The summed E-state index contributed by atoms with van der Waals surface area (Å²) in [6.07, 6.45) is 3.81. The number of rotatable bonds is 4. The third kappa shape index (κ3) is 3.90. The van der Waals surface area contributed by atoms with E-state index in [1.807, 2.05) is 0 Å². The number of nitrogens with one attached hydrogen (secondary N) is 1. The Bertz CT molecular complexity index is 233. The maximum atomic E-state index is 10.7. The summed E-state index contributed by atoms with van der Waals surface area (Å²) in [5.74, 6) is 0.527. The van der Waals surface area contributed by atoms with E-state index in [0.717, 1.165) is 37.8 Å². The zero-order valence-electron chi connectivity index (χ0n) is 9.33. The Morgan fingerprint density at radius 3 is 2.53 bits per heavy atom. The van der Waals surface area contributed by atoms with Gasteiger partial charge in [-0.25, -0.2) is 4.79 Å². The second-order valence-electron chi connectivity index (χ2n) is 4.27. The normalized spacial score (nSPS) is 17.8. The lowest BCUT2D eigenvalue weighted by Gasteiger charge is -2.30. The number of carboxylic acid groups (broad SMARTS) is 1. The van der Waals surface area contributed by atoms with Gasteiger partial charge < -0.3 is 15.4 Å². The summed E-state index contributed by atoms with van der Waals surface area (Å²) in [5.41, 5.74) is 0.825. The summed E-state index contributed by atoms with van der Waals surface area (Å²) in [7, 11) is 0. The molecule has 1 heterocycles. The molecule has 86 valence electrons. The Kier molecular flexibility index (Phi) is 4.59. The first-order valence-corrected chi connectivity index (χ1v) is 5.67. The van der Waals surface area contributed by atoms with Crippen LogP contribution in [0.3, 0.4) is 0 Å². The zero-order chi connectivity index (χ0) is 11.3. The van der Waals surface area contributed by atoms with Crippen LogP contribution in [0.15, 0.2) is 0 Å². The highest BCUT2D eigenvalue weighted by molar-refractivity contribution is 5.81. The Morgan fingerprint density at radius 1 is 1.47 bits per heavy atom. The molecule has 0 aromatic carbocycles. The smallest absolute Gasteiger partial charge is 0.407 e. The van der Waals surface area contributed by atoms with E-state index in [0.29, 0.717) is 19.0 Å². The lowest BCUT2D eigenvalue weighted by molar-refractivity contribution is 0.125.